The molecule has 1 aliphatic rings. The standard InChI is InChI=1S/C18H19NO2/c1-12(13-7-3-2-4-8-13)18(21)19-16-11-14-9-5-6-10-15(14)17(16)20/h2-10,12,16-17,20H,11H2,1H3,(H,19,21)/t12-,16-,17-/m0/s1. The van der Waals surface area contributed by atoms with Crippen LogP contribution < -0.4 is 5.32 Å². The molecule has 0 unspecified atom stereocenters. The lowest BCUT2D eigenvalue weighted by molar-refractivity contribution is -0.123. The van der Waals surface area contributed by atoms with Crippen LogP contribution in [0.3, 0.4) is 0 Å². The average Bonchev–Trinajstić information content (AvgIpc) is 2.84. The molecule has 0 radical (unpaired) electrons. The van der Waals surface area contributed by atoms with Crippen LogP contribution in [0.5, 0.6) is 0 Å². The Balaban J connectivity index is 1.70. The van der Waals surface area contributed by atoms with Crippen LogP contribution in [0, 0.1) is 0 Å². The van der Waals surface area contributed by atoms with E-state index in [1.807, 2.05) is 61.5 Å². The Hall–Kier alpha value is -2.13. The number of hydrogen-bond acceptors (Lipinski definition) is 2. The zero-order valence-electron chi connectivity index (χ0n) is 12.0. The van der Waals surface area contributed by atoms with Crippen molar-refractivity contribution in [2.45, 2.75) is 31.4 Å². The third kappa shape index (κ3) is 2.69. The monoisotopic (exact) mass is 281 g/mol. The molecule has 2 aromatic rings. The molecular formula is C18H19NO2. The molecule has 1 amide bonds. The van der Waals surface area contributed by atoms with E-state index >= 15 is 0 Å². The fourth-order valence-electron chi connectivity index (χ4n) is 2.90. The first-order chi connectivity index (χ1) is 10.2. The summed E-state index contributed by atoms with van der Waals surface area (Å²) < 4.78 is 0. The summed E-state index contributed by atoms with van der Waals surface area (Å²) in [6, 6.07) is 17.3. The van der Waals surface area contributed by atoms with Crippen molar-refractivity contribution >= 4 is 5.91 Å². The minimum atomic E-state index is -0.617. The van der Waals surface area contributed by atoms with Crippen LogP contribution >= 0.6 is 0 Å². The summed E-state index contributed by atoms with van der Waals surface area (Å²) in [7, 11) is 0. The molecule has 0 aliphatic heterocycles. The summed E-state index contributed by atoms with van der Waals surface area (Å²) in [6.07, 6.45) is 0.0676. The van der Waals surface area contributed by atoms with E-state index in [2.05, 4.69) is 5.32 Å². The highest BCUT2D eigenvalue weighted by atomic mass is 16.3. The lowest BCUT2D eigenvalue weighted by atomic mass is 10.00. The minimum absolute atomic E-state index is 0.0435. The van der Waals surface area contributed by atoms with Crippen molar-refractivity contribution in [3.05, 3.63) is 71.3 Å². The van der Waals surface area contributed by atoms with E-state index in [1.165, 1.54) is 0 Å². The second-order valence-corrected chi connectivity index (χ2v) is 5.60. The van der Waals surface area contributed by atoms with Gasteiger partial charge in [-0.1, -0.05) is 54.6 Å². The van der Waals surface area contributed by atoms with Gasteiger partial charge in [0.25, 0.3) is 0 Å². The lowest BCUT2D eigenvalue weighted by Crippen LogP contribution is -2.40. The van der Waals surface area contributed by atoms with Gasteiger partial charge in [-0.05, 0) is 30.0 Å². The van der Waals surface area contributed by atoms with Crippen LogP contribution in [-0.4, -0.2) is 17.1 Å². The highest BCUT2D eigenvalue weighted by Gasteiger charge is 2.32. The van der Waals surface area contributed by atoms with Gasteiger partial charge in [0.2, 0.25) is 5.91 Å². The smallest absolute Gasteiger partial charge is 0.227 e. The van der Waals surface area contributed by atoms with Crippen LogP contribution in [-0.2, 0) is 11.2 Å². The van der Waals surface area contributed by atoms with Gasteiger partial charge in [0.1, 0.15) is 0 Å². The van der Waals surface area contributed by atoms with E-state index in [0.717, 1.165) is 16.7 Å². The van der Waals surface area contributed by atoms with Gasteiger partial charge in [0.05, 0.1) is 18.1 Å². The predicted octanol–water partition coefficient (Wildman–Crippen LogP) is 2.56. The Morgan fingerprint density at radius 2 is 1.81 bits per heavy atom. The molecule has 21 heavy (non-hydrogen) atoms. The number of carbonyl (C=O) groups is 1. The third-order valence-electron chi connectivity index (χ3n) is 4.22. The second-order valence-electron chi connectivity index (χ2n) is 5.60. The number of hydrogen-bond donors (Lipinski definition) is 2. The maximum Gasteiger partial charge on any atom is 0.227 e. The molecule has 0 bridgehead atoms. The van der Waals surface area contributed by atoms with Crippen molar-refractivity contribution in [1.29, 1.82) is 0 Å². The molecule has 0 saturated carbocycles. The molecule has 1 aliphatic carbocycles. The number of rotatable bonds is 3. The molecule has 3 heteroatoms. The summed E-state index contributed by atoms with van der Waals surface area (Å²) in [4.78, 5) is 12.4. The van der Waals surface area contributed by atoms with Crippen molar-refractivity contribution in [2.24, 2.45) is 0 Å². The topological polar surface area (TPSA) is 49.3 Å². The zero-order chi connectivity index (χ0) is 14.8. The first-order valence-electron chi connectivity index (χ1n) is 7.28. The van der Waals surface area contributed by atoms with Gasteiger partial charge in [-0.15, -0.1) is 0 Å². The van der Waals surface area contributed by atoms with Crippen LogP contribution in [0.1, 0.15) is 35.6 Å². The number of fused-ring (bicyclic) bond motifs is 1. The molecule has 0 spiro atoms. The number of aliphatic hydroxyl groups is 1. The maximum atomic E-state index is 12.4. The molecule has 3 nitrogen and oxygen atoms in total. The molecule has 2 aromatic carbocycles. The van der Waals surface area contributed by atoms with E-state index in [1.54, 1.807) is 0 Å². The molecule has 3 rings (SSSR count). The summed E-state index contributed by atoms with van der Waals surface area (Å²) in [5.41, 5.74) is 3.03. The minimum Gasteiger partial charge on any atom is -0.386 e. The van der Waals surface area contributed by atoms with Gasteiger partial charge in [0.15, 0.2) is 0 Å². The summed E-state index contributed by atoms with van der Waals surface area (Å²) in [5, 5.41) is 13.3. The fourth-order valence-corrected chi connectivity index (χ4v) is 2.90. The molecule has 3 atom stereocenters. The molecule has 0 fully saturated rings. The fraction of sp³-hybridized carbons (Fsp3) is 0.278. The lowest BCUT2D eigenvalue weighted by Gasteiger charge is -2.20. The summed E-state index contributed by atoms with van der Waals surface area (Å²) in [6.45, 7) is 1.89. The Morgan fingerprint density at radius 1 is 1.14 bits per heavy atom. The van der Waals surface area contributed by atoms with Crippen molar-refractivity contribution in [1.82, 2.24) is 5.32 Å². The molecular weight excluding hydrogens is 262 g/mol. The Labute approximate surface area is 124 Å². The van der Waals surface area contributed by atoms with Gasteiger partial charge in [-0.2, -0.15) is 0 Å². The van der Waals surface area contributed by atoms with Gasteiger partial charge in [-0.25, -0.2) is 0 Å². The Morgan fingerprint density at radius 3 is 2.52 bits per heavy atom. The van der Waals surface area contributed by atoms with Crippen molar-refractivity contribution in [3.8, 4) is 0 Å². The van der Waals surface area contributed by atoms with Crippen LogP contribution in [0.15, 0.2) is 54.6 Å². The van der Waals surface area contributed by atoms with E-state index in [9.17, 15) is 9.90 Å². The Kier molecular flexibility index (Phi) is 3.76. The highest BCUT2D eigenvalue weighted by Crippen LogP contribution is 2.31. The third-order valence-corrected chi connectivity index (χ3v) is 4.22. The molecule has 0 aromatic heterocycles. The molecule has 0 saturated heterocycles. The highest BCUT2D eigenvalue weighted by molar-refractivity contribution is 5.83. The van der Waals surface area contributed by atoms with Gasteiger partial charge in [-0.3, -0.25) is 4.79 Å². The van der Waals surface area contributed by atoms with E-state index in [0.29, 0.717) is 6.42 Å². The van der Waals surface area contributed by atoms with Crippen LogP contribution in [0.2, 0.25) is 0 Å². The molecule has 2 N–H and O–H groups in total. The quantitative estimate of drug-likeness (QED) is 0.908. The van der Waals surface area contributed by atoms with Crippen LogP contribution in [0.25, 0.3) is 0 Å². The number of amides is 1. The number of benzene rings is 2. The summed E-state index contributed by atoms with van der Waals surface area (Å²) in [5.74, 6) is -0.264. The van der Waals surface area contributed by atoms with E-state index in [-0.39, 0.29) is 17.9 Å². The van der Waals surface area contributed by atoms with E-state index in [4.69, 9.17) is 0 Å². The first kappa shape index (κ1) is 13.8. The number of carbonyl (C=O) groups excluding carboxylic acids is 1. The zero-order valence-corrected chi connectivity index (χ0v) is 12.0. The number of nitrogens with one attached hydrogen (secondary N) is 1. The predicted molar refractivity (Wildman–Crippen MR) is 81.9 cm³/mol. The maximum absolute atomic E-state index is 12.4. The molecule has 0 heterocycles. The average molecular weight is 281 g/mol. The first-order valence-corrected chi connectivity index (χ1v) is 7.28. The van der Waals surface area contributed by atoms with Gasteiger partial charge >= 0.3 is 0 Å². The van der Waals surface area contributed by atoms with E-state index < -0.39 is 6.10 Å². The normalized spacial score (nSPS) is 21.6. The molecule has 108 valence electrons. The van der Waals surface area contributed by atoms with Gasteiger partial charge < -0.3 is 10.4 Å². The SMILES string of the molecule is C[C@H](C(=O)N[C@H]1Cc2ccccc2[C@@H]1O)c1ccccc1. The van der Waals surface area contributed by atoms with Gasteiger partial charge in [0, 0.05) is 0 Å². The van der Waals surface area contributed by atoms with Crippen LogP contribution in [0.4, 0.5) is 0 Å². The van der Waals surface area contributed by atoms with Crippen molar-refractivity contribution < 1.29 is 9.90 Å². The van der Waals surface area contributed by atoms with Crippen molar-refractivity contribution in [2.75, 3.05) is 0 Å². The number of aliphatic hydroxyl groups excluding tert-OH is 1. The van der Waals surface area contributed by atoms with Crippen molar-refractivity contribution in [3.63, 3.8) is 0 Å². The largest absolute Gasteiger partial charge is 0.386 e. The Bertz CT molecular complexity index is 639. The second kappa shape index (κ2) is 5.70. The summed E-state index contributed by atoms with van der Waals surface area (Å²) >= 11 is 0.